The zero-order chi connectivity index (χ0) is 17.5. The van der Waals surface area contributed by atoms with E-state index in [2.05, 4.69) is 13.8 Å². The van der Waals surface area contributed by atoms with Gasteiger partial charge in [-0.25, -0.2) is 0 Å². The van der Waals surface area contributed by atoms with Crippen LogP contribution in [0.3, 0.4) is 0 Å². The maximum Gasteiger partial charge on any atom is 0.325 e. The zero-order valence-electron chi connectivity index (χ0n) is 14.0. The van der Waals surface area contributed by atoms with Crippen molar-refractivity contribution in [3.63, 3.8) is 0 Å². The Morgan fingerprint density at radius 3 is 1.14 bits per heavy atom. The molecule has 0 radical (unpaired) electrons. The third kappa shape index (κ3) is 28.5. The summed E-state index contributed by atoms with van der Waals surface area (Å²) >= 11 is 0. The van der Waals surface area contributed by atoms with Crippen molar-refractivity contribution in [2.45, 2.75) is 78.1 Å². The van der Waals surface area contributed by atoms with Gasteiger partial charge in [0.05, 0.1) is 0 Å². The minimum Gasteiger partial charge on any atom is -0.324 e. The fraction of sp³-hybridized carbons (Fsp3) is 1.00. The second-order valence-electron chi connectivity index (χ2n) is 5.61. The summed E-state index contributed by atoms with van der Waals surface area (Å²) in [6.45, 7) is 4.22. The van der Waals surface area contributed by atoms with Gasteiger partial charge in [0.15, 0.2) is 0 Å². The molecule has 0 amide bonds. The number of hydrogen-bond acceptors (Lipinski definition) is 2. The minimum absolute atomic E-state index is 0.0486. The molecule has 0 fully saturated rings. The molecular formula is C14H34O6P2. The van der Waals surface area contributed by atoms with Crippen molar-refractivity contribution in [3.05, 3.63) is 0 Å². The van der Waals surface area contributed by atoms with Crippen molar-refractivity contribution in [1.82, 2.24) is 0 Å². The fourth-order valence-corrected chi connectivity index (χ4v) is 3.11. The lowest BCUT2D eigenvalue weighted by Crippen LogP contribution is -1.88. The smallest absolute Gasteiger partial charge is 0.324 e. The van der Waals surface area contributed by atoms with Crippen LogP contribution in [-0.4, -0.2) is 31.9 Å². The molecule has 4 N–H and O–H groups in total. The number of hydrogen-bond donors (Lipinski definition) is 4. The van der Waals surface area contributed by atoms with Crippen molar-refractivity contribution in [2.24, 2.45) is 0 Å². The van der Waals surface area contributed by atoms with E-state index in [0.29, 0.717) is 12.8 Å². The first-order valence-electron chi connectivity index (χ1n) is 8.21. The monoisotopic (exact) mass is 360 g/mol. The molecule has 0 unspecified atom stereocenters. The topological polar surface area (TPSA) is 115 Å². The standard InChI is InChI=1S/C8H19O3P.C6H15O3P/c1-2-3-4-5-6-7-8-12(9,10)11;1-2-3-4-5-6-10(7,8)9/h2-8H2,1H3,(H2,9,10,11);2-6H2,1H3,(H2,7,8,9). The molecule has 0 aromatic carbocycles. The lowest BCUT2D eigenvalue weighted by molar-refractivity contribution is 0.368. The molecule has 0 aliphatic rings. The van der Waals surface area contributed by atoms with Gasteiger partial charge in [-0.2, -0.15) is 0 Å². The third-order valence-electron chi connectivity index (χ3n) is 3.11. The third-order valence-corrected chi connectivity index (χ3v) is 4.90. The van der Waals surface area contributed by atoms with Crippen LogP contribution in [0.15, 0.2) is 0 Å². The summed E-state index contributed by atoms with van der Waals surface area (Å²) in [4.78, 5) is 33.9. The molecule has 0 aromatic heterocycles. The molecule has 0 atom stereocenters. The minimum atomic E-state index is -3.72. The van der Waals surface area contributed by atoms with Crippen LogP contribution in [-0.2, 0) is 9.13 Å². The Balaban J connectivity index is 0. The first-order chi connectivity index (χ1) is 10.1. The Morgan fingerprint density at radius 1 is 0.545 bits per heavy atom. The van der Waals surface area contributed by atoms with Gasteiger partial charge in [-0.1, -0.05) is 65.2 Å². The average Bonchev–Trinajstić information content (AvgIpc) is 2.37. The molecular weight excluding hydrogens is 326 g/mol. The van der Waals surface area contributed by atoms with Crippen LogP contribution in [0.25, 0.3) is 0 Å². The van der Waals surface area contributed by atoms with Crippen LogP contribution in [0.1, 0.15) is 78.1 Å². The molecule has 0 aliphatic heterocycles. The number of rotatable bonds is 12. The van der Waals surface area contributed by atoms with E-state index in [1.807, 2.05) is 0 Å². The fourth-order valence-electron chi connectivity index (χ4n) is 1.84. The van der Waals surface area contributed by atoms with Gasteiger partial charge in [-0.15, -0.1) is 0 Å². The largest absolute Gasteiger partial charge is 0.325 e. The van der Waals surface area contributed by atoms with Crippen LogP contribution in [0, 0.1) is 0 Å². The van der Waals surface area contributed by atoms with Crippen LogP contribution >= 0.6 is 15.2 Å². The summed E-state index contributed by atoms with van der Waals surface area (Å²) in [6.07, 6.45) is 10.2. The Kier molecular flexibility index (Phi) is 16.6. The summed E-state index contributed by atoms with van der Waals surface area (Å²) in [5, 5.41) is 0. The summed E-state index contributed by atoms with van der Waals surface area (Å²) < 4.78 is 20.7. The Morgan fingerprint density at radius 2 is 0.818 bits per heavy atom. The molecule has 6 nitrogen and oxygen atoms in total. The van der Waals surface area contributed by atoms with Crippen LogP contribution in [0.4, 0.5) is 0 Å². The lowest BCUT2D eigenvalue weighted by Gasteiger charge is -2.02. The van der Waals surface area contributed by atoms with Gasteiger partial charge in [-0.3, -0.25) is 9.13 Å². The van der Waals surface area contributed by atoms with Gasteiger partial charge in [0.1, 0.15) is 0 Å². The van der Waals surface area contributed by atoms with Gasteiger partial charge in [0, 0.05) is 12.3 Å². The van der Waals surface area contributed by atoms with Crippen molar-refractivity contribution in [2.75, 3.05) is 12.3 Å². The Hall–Kier alpha value is 0.300. The van der Waals surface area contributed by atoms with Gasteiger partial charge >= 0.3 is 15.2 Å². The van der Waals surface area contributed by atoms with Crippen molar-refractivity contribution in [3.8, 4) is 0 Å². The first-order valence-corrected chi connectivity index (χ1v) is 11.8. The molecule has 0 aliphatic carbocycles. The maximum absolute atomic E-state index is 10.4. The second kappa shape index (κ2) is 14.9. The van der Waals surface area contributed by atoms with Gasteiger partial charge in [-0.05, 0) is 12.8 Å². The van der Waals surface area contributed by atoms with Gasteiger partial charge < -0.3 is 19.6 Å². The molecule has 0 rings (SSSR count). The van der Waals surface area contributed by atoms with Crippen molar-refractivity contribution in [1.29, 1.82) is 0 Å². The van der Waals surface area contributed by atoms with Gasteiger partial charge in [0.2, 0.25) is 0 Å². The predicted molar refractivity (Wildman–Crippen MR) is 91.3 cm³/mol. The zero-order valence-corrected chi connectivity index (χ0v) is 15.8. The molecule has 0 spiro atoms. The highest BCUT2D eigenvalue weighted by molar-refractivity contribution is 7.52. The molecule has 0 heterocycles. The van der Waals surface area contributed by atoms with Gasteiger partial charge in [0.25, 0.3) is 0 Å². The molecule has 136 valence electrons. The van der Waals surface area contributed by atoms with E-state index in [1.165, 1.54) is 19.3 Å². The van der Waals surface area contributed by atoms with Crippen molar-refractivity contribution < 1.29 is 28.7 Å². The Bertz CT molecular complexity index is 323. The summed E-state index contributed by atoms with van der Waals surface area (Å²) in [5.41, 5.74) is 0. The predicted octanol–water partition coefficient (Wildman–Crippen LogP) is 4.27. The highest BCUT2D eigenvalue weighted by Gasteiger charge is 2.11. The molecule has 0 aromatic rings. The first kappa shape index (κ1) is 24.6. The van der Waals surface area contributed by atoms with E-state index >= 15 is 0 Å². The van der Waals surface area contributed by atoms with E-state index < -0.39 is 15.2 Å². The van der Waals surface area contributed by atoms with E-state index in [4.69, 9.17) is 19.6 Å². The van der Waals surface area contributed by atoms with E-state index in [1.54, 1.807) is 0 Å². The average molecular weight is 360 g/mol. The maximum atomic E-state index is 10.4. The number of unbranched alkanes of at least 4 members (excludes halogenated alkanes) is 8. The van der Waals surface area contributed by atoms with Crippen LogP contribution in [0.5, 0.6) is 0 Å². The normalized spacial score (nSPS) is 11.9. The van der Waals surface area contributed by atoms with E-state index in [-0.39, 0.29) is 12.3 Å². The van der Waals surface area contributed by atoms with Crippen LogP contribution in [0.2, 0.25) is 0 Å². The molecule has 0 saturated carbocycles. The molecule has 0 bridgehead atoms. The summed E-state index contributed by atoms with van der Waals surface area (Å²) in [6, 6.07) is 0. The molecule has 22 heavy (non-hydrogen) atoms. The Labute approximate surface area is 135 Å². The second-order valence-corrected chi connectivity index (χ2v) is 9.16. The SMILES string of the molecule is CCCCCCCCP(=O)(O)O.CCCCCCP(=O)(O)O. The quantitative estimate of drug-likeness (QED) is 0.305. The van der Waals surface area contributed by atoms with E-state index in [0.717, 1.165) is 32.1 Å². The van der Waals surface area contributed by atoms with Crippen LogP contribution < -0.4 is 0 Å². The highest BCUT2D eigenvalue weighted by atomic mass is 31.2. The summed E-state index contributed by atoms with van der Waals surface area (Å²) in [7, 11) is -7.43. The molecule has 0 saturated heterocycles. The molecule has 8 heteroatoms. The van der Waals surface area contributed by atoms with E-state index in [9.17, 15) is 9.13 Å². The van der Waals surface area contributed by atoms with Crippen molar-refractivity contribution >= 4 is 15.2 Å². The highest BCUT2D eigenvalue weighted by Crippen LogP contribution is 2.36. The lowest BCUT2D eigenvalue weighted by atomic mass is 10.1. The summed E-state index contributed by atoms with van der Waals surface area (Å²) in [5.74, 6) is 0.